The van der Waals surface area contributed by atoms with Gasteiger partial charge in [0.25, 0.3) is 0 Å². The Bertz CT molecular complexity index is 2440. The van der Waals surface area contributed by atoms with Crippen molar-refractivity contribution < 1.29 is 0 Å². The van der Waals surface area contributed by atoms with E-state index in [0.717, 1.165) is 38.9 Å². The lowest BCUT2D eigenvalue weighted by molar-refractivity contribution is 0.666. The molecule has 0 spiro atoms. The van der Waals surface area contributed by atoms with E-state index >= 15 is 0 Å². The first-order chi connectivity index (χ1) is 24.0. The van der Waals surface area contributed by atoms with Crippen molar-refractivity contribution in [3.8, 4) is 67.5 Å². The van der Waals surface area contributed by atoms with Crippen LogP contribution in [0.2, 0.25) is 0 Å². The van der Waals surface area contributed by atoms with Crippen LogP contribution in [0.4, 0.5) is 0 Å². The number of fused-ring (bicyclic) bond motifs is 5. The molecule has 0 radical (unpaired) electrons. The average molecular weight is 628 g/mol. The molecule has 0 aliphatic heterocycles. The summed E-state index contributed by atoms with van der Waals surface area (Å²) in [4.78, 5) is 15.8. The molecule has 3 nitrogen and oxygen atoms in total. The maximum atomic E-state index is 5.35. The van der Waals surface area contributed by atoms with Crippen LogP contribution in [-0.2, 0) is 5.41 Å². The number of nitrogens with zero attached hydrogens (tertiary/aromatic N) is 3. The second kappa shape index (κ2) is 11.5. The standard InChI is InChI=1S/C46H33N3/c1-46(2)40-25-15-14-24-38(40)41-39(29-33-22-12-13-23-37(33)42(41)46)45-48-43(32-20-10-5-11-21-32)47-44(49-45)36-27-34(30-16-6-3-7-17-30)26-35(28-36)31-18-8-4-9-19-31/h3-29H,1-2H3. The van der Waals surface area contributed by atoms with E-state index in [0.29, 0.717) is 17.5 Å². The van der Waals surface area contributed by atoms with Crippen molar-refractivity contribution in [1.29, 1.82) is 0 Å². The Balaban J connectivity index is 1.34. The van der Waals surface area contributed by atoms with E-state index in [-0.39, 0.29) is 5.41 Å². The second-order valence-electron chi connectivity index (χ2n) is 13.3. The molecule has 0 N–H and O–H groups in total. The summed E-state index contributed by atoms with van der Waals surface area (Å²) >= 11 is 0. The SMILES string of the molecule is CC1(C)c2ccccc2-c2c(-c3nc(-c4ccccc4)nc(-c4cc(-c5ccccc5)cc(-c5ccccc5)c4)n3)cc3ccccc3c21. The Labute approximate surface area is 286 Å². The summed E-state index contributed by atoms with van der Waals surface area (Å²) < 4.78 is 0. The normalized spacial score (nSPS) is 12.9. The van der Waals surface area contributed by atoms with E-state index in [1.807, 2.05) is 18.2 Å². The number of hydrogen-bond acceptors (Lipinski definition) is 3. The van der Waals surface area contributed by atoms with Gasteiger partial charge in [0.15, 0.2) is 17.5 Å². The molecular weight excluding hydrogens is 595 g/mol. The maximum Gasteiger partial charge on any atom is 0.164 e. The van der Waals surface area contributed by atoms with E-state index in [9.17, 15) is 0 Å². The molecule has 7 aromatic carbocycles. The third-order valence-electron chi connectivity index (χ3n) is 9.86. The molecule has 9 rings (SSSR count). The molecule has 0 atom stereocenters. The van der Waals surface area contributed by atoms with Crippen molar-refractivity contribution in [2.45, 2.75) is 19.3 Å². The Kier molecular flexibility index (Phi) is 6.80. The highest BCUT2D eigenvalue weighted by atomic mass is 15.0. The quantitative estimate of drug-likeness (QED) is 0.191. The third kappa shape index (κ3) is 4.94. The molecule has 1 aliphatic rings. The lowest BCUT2D eigenvalue weighted by Crippen LogP contribution is -2.15. The lowest BCUT2D eigenvalue weighted by atomic mass is 9.79. The van der Waals surface area contributed by atoms with Crippen LogP contribution in [0.3, 0.4) is 0 Å². The number of benzene rings is 7. The summed E-state index contributed by atoms with van der Waals surface area (Å²) in [6, 6.07) is 57.7. The first kappa shape index (κ1) is 29.0. The van der Waals surface area contributed by atoms with E-state index in [4.69, 9.17) is 15.0 Å². The molecule has 0 bridgehead atoms. The van der Waals surface area contributed by atoms with E-state index in [1.165, 1.54) is 33.0 Å². The fourth-order valence-electron chi connectivity index (χ4n) is 7.53. The fourth-order valence-corrected chi connectivity index (χ4v) is 7.53. The van der Waals surface area contributed by atoms with Gasteiger partial charge in [-0.2, -0.15) is 0 Å². The molecular formula is C46H33N3. The monoisotopic (exact) mass is 627 g/mol. The zero-order valence-electron chi connectivity index (χ0n) is 27.4. The molecule has 1 heterocycles. The minimum Gasteiger partial charge on any atom is -0.208 e. The second-order valence-corrected chi connectivity index (χ2v) is 13.3. The van der Waals surface area contributed by atoms with Crippen LogP contribution < -0.4 is 0 Å². The molecule has 3 heteroatoms. The average Bonchev–Trinajstić information content (AvgIpc) is 3.42. The number of aromatic nitrogens is 3. The van der Waals surface area contributed by atoms with Crippen LogP contribution in [0.5, 0.6) is 0 Å². The predicted octanol–water partition coefficient (Wildman–Crippen LogP) is 11.7. The summed E-state index contributed by atoms with van der Waals surface area (Å²) in [7, 11) is 0. The van der Waals surface area contributed by atoms with E-state index in [2.05, 4.69) is 159 Å². The molecule has 0 fully saturated rings. The van der Waals surface area contributed by atoms with Gasteiger partial charge in [0.1, 0.15) is 0 Å². The van der Waals surface area contributed by atoms with Gasteiger partial charge in [0.05, 0.1) is 0 Å². The Morgan fingerprint density at radius 2 is 0.878 bits per heavy atom. The smallest absolute Gasteiger partial charge is 0.164 e. The zero-order chi connectivity index (χ0) is 33.0. The van der Waals surface area contributed by atoms with Crippen LogP contribution in [0, 0.1) is 0 Å². The number of rotatable bonds is 5. The number of hydrogen-bond donors (Lipinski definition) is 0. The van der Waals surface area contributed by atoms with Crippen molar-refractivity contribution in [2.24, 2.45) is 0 Å². The Hall–Kier alpha value is -6.19. The highest BCUT2D eigenvalue weighted by Crippen LogP contribution is 2.54. The van der Waals surface area contributed by atoms with Crippen LogP contribution in [0.1, 0.15) is 25.0 Å². The maximum absolute atomic E-state index is 5.35. The van der Waals surface area contributed by atoms with Crippen LogP contribution in [0.25, 0.3) is 78.3 Å². The molecule has 0 saturated heterocycles. The first-order valence-corrected chi connectivity index (χ1v) is 16.8. The van der Waals surface area contributed by atoms with Crippen LogP contribution in [0.15, 0.2) is 164 Å². The van der Waals surface area contributed by atoms with Gasteiger partial charge in [0, 0.05) is 22.1 Å². The minimum atomic E-state index is -0.186. The van der Waals surface area contributed by atoms with Crippen molar-refractivity contribution in [1.82, 2.24) is 15.0 Å². The Morgan fingerprint density at radius 1 is 0.388 bits per heavy atom. The van der Waals surface area contributed by atoms with Gasteiger partial charge in [-0.15, -0.1) is 0 Å². The van der Waals surface area contributed by atoms with Crippen molar-refractivity contribution >= 4 is 10.8 Å². The molecule has 8 aromatic rings. The molecule has 0 saturated carbocycles. The third-order valence-corrected chi connectivity index (χ3v) is 9.86. The molecule has 0 amide bonds. The molecule has 0 unspecified atom stereocenters. The largest absolute Gasteiger partial charge is 0.208 e. The Morgan fingerprint density at radius 3 is 1.53 bits per heavy atom. The summed E-state index contributed by atoms with van der Waals surface area (Å²) in [5.41, 5.74) is 12.3. The fraction of sp³-hybridized carbons (Fsp3) is 0.0652. The molecule has 232 valence electrons. The van der Waals surface area contributed by atoms with Gasteiger partial charge in [0.2, 0.25) is 0 Å². The van der Waals surface area contributed by atoms with Crippen molar-refractivity contribution in [3.05, 3.63) is 175 Å². The van der Waals surface area contributed by atoms with Crippen LogP contribution in [-0.4, -0.2) is 15.0 Å². The van der Waals surface area contributed by atoms with Gasteiger partial charge >= 0.3 is 0 Å². The molecule has 1 aromatic heterocycles. The van der Waals surface area contributed by atoms with Gasteiger partial charge in [-0.05, 0) is 79.5 Å². The minimum absolute atomic E-state index is 0.186. The van der Waals surface area contributed by atoms with Gasteiger partial charge in [-0.25, -0.2) is 15.0 Å². The summed E-state index contributed by atoms with van der Waals surface area (Å²) in [5.74, 6) is 1.97. The zero-order valence-corrected chi connectivity index (χ0v) is 27.4. The van der Waals surface area contributed by atoms with Crippen molar-refractivity contribution in [3.63, 3.8) is 0 Å². The highest BCUT2D eigenvalue weighted by Gasteiger charge is 2.39. The summed E-state index contributed by atoms with van der Waals surface area (Å²) in [6.45, 7) is 4.67. The first-order valence-electron chi connectivity index (χ1n) is 16.8. The molecule has 1 aliphatic carbocycles. The van der Waals surface area contributed by atoms with Crippen molar-refractivity contribution in [2.75, 3.05) is 0 Å². The van der Waals surface area contributed by atoms with Gasteiger partial charge in [-0.3, -0.25) is 0 Å². The van der Waals surface area contributed by atoms with Gasteiger partial charge < -0.3 is 0 Å². The van der Waals surface area contributed by atoms with Crippen LogP contribution >= 0.6 is 0 Å². The lowest BCUT2D eigenvalue weighted by Gasteiger charge is -2.24. The highest BCUT2D eigenvalue weighted by molar-refractivity contribution is 6.04. The van der Waals surface area contributed by atoms with E-state index < -0.39 is 0 Å². The summed E-state index contributed by atoms with van der Waals surface area (Å²) in [6.07, 6.45) is 0. The van der Waals surface area contributed by atoms with E-state index in [1.54, 1.807) is 0 Å². The predicted molar refractivity (Wildman–Crippen MR) is 202 cm³/mol. The molecule has 49 heavy (non-hydrogen) atoms. The van der Waals surface area contributed by atoms with Gasteiger partial charge in [-0.1, -0.05) is 153 Å². The summed E-state index contributed by atoms with van der Waals surface area (Å²) in [5, 5.41) is 2.45. The topological polar surface area (TPSA) is 38.7 Å².